The van der Waals surface area contributed by atoms with Crippen LogP contribution in [0.15, 0.2) is 18.2 Å². The summed E-state index contributed by atoms with van der Waals surface area (Å²) < 4.78 is 0. The van der Waals surface area contributed by atoms with Gasteiger partial charge < -0.3 is 14.9 Å². The lowest BCUT2D eigenvalue weighted by atomic mass is 10.1. The van der Waals surface area contributed by atoms with E-state index in [1.54, 1.807) is 6.07 Å². The van der Waals surface area contributed by atoms with Gasteiger partial charge in [-0.3, -0.25) is 10.1 Å². The van der Waals surface area contributed by atoms with Gasteiger partial charge in [-0.05, 0) is 5.75 Å². The van der Waals surface area contributed by atoms with E-state index in [2.05, 4.69) is 7.05 Å². The van der Waals surface area contributed by atoms with Gasteiger partial charge in [-0.2, -0.15) is 0 Å². The second-order valence-corrected chi connectivity index (χ2v) is 4.94. The highest BCUT2D eigenvalue weighted by molar-refractivity contribution is 5.46. The Morgan fingerprint density at radius 3 is 2.56 bits per heavy atom. The largest absolute Gasteiger partial charge is 0.868 e. The zero-order valence-corrected chi connectivity index (χ0v) is 10.4. The molecule has 1 aromatic carbocycles. The van der Waals surface area contributed by atoms with Crippen molar-refractivity contribution in [2.45, 2.75) is 6.54 Å². The number of piperazine rings is 1. The van der Waals surface area contributed by atoms with Crippen LogP contribution in [0.4, 0.5) is 5.69 Å². The van der Waals surface area contributed by atoms with Crippen molar-refractivity contribution in [2.75, 3.05) is 33.2 Å². The Bertz CT molecular complexity index is 442. The highest BCUT2D eigenvalue weighted by Crippen LogP contribution is 2.23. The highest BCUT2D eigenvalue weighted by Gasteiger charge is 2.20. The molecule has 1 aliphatic rings. The maximum atomic E-state index is 11.3. The van der Waals surface area contributed by atoms with Gasteiger partial charge in [0.05, 0.1) is 12.0 Å². The van der Waals surface area contributed by atoms with Crippen molar-refractivity contribution in [1.29, 1.82) is 0 Å². The number of hydrogen-bond donors (Lipinski definition) is 2. The summed E-state index contributed by atoms with van der Waals surface area (Å²) in [6.45, 7) is 5.14. The number of nitrogens with zero attached hydrogens (tertiary/aromatic N) is 1. The summed E-state index contributed by atoms with van der Waals surface area (Å²) in [6.07, 6.45) is 0. The minimum absolute atomic E-state index is 0.313. The predicted molar refractivity (Wildman–Crippen MR) is 63.6 cm³/mol. The summed E-state index contributed by atoms with van der Waals surface area (Å²) in [6, 6.07) is 4.42. The van der Waals surface area contributed by atoms with Crippen molar-refractivity contribution in [1.82, 2.24) is 0 Å². The Labute approximate surface area is 106 Å². The number of nitro groups is 1. The fourth-order valence-electron chi connectivity index (χ4n) is 2.31. The number of nitro benzene ring substituents is 1. The molecule has 1 saturated heterocycles. The van der Waals surface area contributed by atoms with E-state index >= 15 is 0 Å². The SMILES string of the molecule is C[NH+]1CC[NH+](Cc2ccc([O-])c([N+](=O)[O-])c2)CC1. The monoisotopic (exact) mass is 252 g/mol. The fraction of sp³-hybridized carbons (Fsp3) is 0.500. The van der Waals surface area contributed by atoms with Crippen molar-refractivity contribution in [3.05, 3.63) is 33.9 Å². The van der Waals surface area contributed by atoms with Crippen molar-refractivity contribution in [3.8, 4) is 5.75 Å². The van der Waals surface area contributed by atoms with Gasteiger partial charge in [0.15, 0.2) is 0 Å². The molecule has 6 nitrogen and oxygen atoms in total. The van der Waals surface area contributed by atoms with Crippen LogP contribution in [0, 0.1) is 10.1 Å². The average Bonchev–Trinajstić information content (AvgIpc) is 2.34. The quantitative estimate of drug-likeness (QED) is 0.464. The molecule has 0 aromatic heterocycles. The normalized spacial score (nSPS) is 23.8. The summed E-state index contributed by atoms with van der Waals surface area (Å²) in [7, 11) is 2.17. The predicted octanol–water partition coefficient (Wildman–Crippen LogP) is -2.42. The second kappa shape index (κ2) is 5.32. The zero-order chi connectivity index (χ0) is 13.1. The van der Waals surface area contributed by atoms with Gasteiger partial charge in [0.1, 0.15) is 32.7 Å². The van der Waals surface area contributed by atoms with E-state index in [0.717, 1.165) is 38.3 Å². The first-order valence-electron chi connectivity index (χ1n) is 6.15. The van der Waals surface area contributed by atoms with E-state index in [1.807, 2.05) is 0 Å². The molecule has 98 valence electrons. The summed E-state index contributed by atoms with van der Waals surface area (Å²) >= 11 is 0. The topological polar surface area (TPSA) is 75.1 Å². The van der Waals surface area contributed by atoms with Crippen LogP contribution >= 0.6 is 0 Å². The number of rotatable bonds is 3. The zero-order valence-electron chi connectivity index (χ0n) is 10.4. The van der Waals surface area contributed by atoms with Gasteiger partial charge in [0.2, 0.25) is 0 Å². The molecule has 0 saturated carbocycles. The van der Waals surface area contributed by atoms with Gasteiger partial charge in [0, 0.05) is 11.6 Å². The molecule has 0 amide bonds. The summed E-state index contributed by atoms with van der Waals surface area (Å²) in [5.41, 5.74) is 0.558. The van der Waals surface area contributed by atoms with Crippen LogP contribution in [-0.4, -0.2) is 38.2 Å². The van der Waals surface area contributed by atoms with Crippen LogP contribution in [0.3, 0.4) is 0 Å². The van der Waals surface area contributed by atoms with Gasteiger partial charge >= 0.3 is 0 Å². The maximum Gasteiger partial charge on any atom is 0.262 e. The molecular formula is C12H18N3O3+. The fourth-order valence-corrected chi connectivity index (χ4v) is 2.31. The Morgan fingerprint density at radius 1 is 1.28 bits per heavy atom. The summed E-state index contributed by atoms with van der Waals surface area (Å²) in [5, 5.41) is 22.0. The van der Waals surface area contributed by atoms with Crippen molar-refractivity contribution < 1.29 is 19.8 Å². The maximum absolute atomic E-state index is 11.3. The average molecular weight is 252 g/mol. The van der Waals surface area contributed by atoms with Gasteiger partial charge in [-0.15, -0.1) is 0 Å². The lowest BCUT2D eigenvalue weighted by Crippen LogP contribution is -3.26. The minimum Gasteiger partial charge on any atom is -0.868 e. The van der Waals surface area contributed by atoms with E-state index in [0.29, 0.717) is 0 Å². The lowest BCUT2D eigenvalue weighted by Gasteiger charge is -2.27. The Morgan fingerprint density at radius 2 is 1.94 bits per heavy atom. The van der Waals surface area contributed by atoms with Crippen LogP contribution < -0.4 is 14.9 Å². The third-order valence-electron chi connectivity index (χ3n) is 3.48. The van der Waals surface area contributed by atoms with Gasteiger partial charge in [-0.25, -0.2) is 0 Å². The molecule has 2 N–H and O–H groups in total. The smallest absolute Gasteiger partial charge is 0.262 e. The van der Waals surface area contributed by atoms with Crippen molar-refractivity contribution in [2.24, 2.45) is 0 Å². The molecule has 1 fully saturated rings. The molecule has 1 aliphatic heterocycles. The highest BCUT2D eigenvalue weighted by atomic mass is 16.6. The minimum atomic E-state index is -0.602. The molecule has 6 heteroatoms. The van der Waals surface area contributed by atoms with E-state index in [1.165, 1.54) is 21.9 Å². The Balaban J connectivity index is 2.05. The van der Waals surface area contributed by atoms with Crippen molar-refractivity contribution >= 4 is 5.69 Å². The van der Waals surface area contributed by atoms with Crippen LogP contribution in [0.5, 0.6) is 5.75 Å². The molecule has 0 bridgehead atoms. The standard InChI is InChI=1S/C12H17N3O3/c1-13-4-6-14(7-5-13)9-10-2-3-12(16)11(8-10)15(17)18/h2-3,8,16H,4-7,9H2,1H3/p+1. The third kappa shape index (κ3) is 2.96. The number of benzene rings is 1. The number of likely N-dealkylation sites (N-methyl/N-ethyl adjacent to an activating group) is 1. The number of quaternary nitrogens is 2. The van der Waals surface area contributed by atoms with E-state index in [-0.39, 0.29) is 5.69 Å². The van der Waals surface area contributed by atoms with Crippen LogP contribution in [0.1, 0.15) is 5.56 Å². The number of nitrogens with one attached hydrogen (secondary N) is 2. The first-order chi connectivity index (χ1) is 8.56. The molecule has 0 radical (unpaired) electrons. The molecule has 0 atom stereocenters. The van der Waals surface area contributed by atoms with E-state index in [4.69, 9.17) is 0 Å². The summed E-state index contributed by atoms with van der Waals surface area (Å²) in [4.78, 5) is 13.1. The molecule has 0 unspecified atom stereocenters. The first-order valence-corrected chi connectivity index (χ1v) is 6.15. The molecule has 1 aromatic rings. The Hall–Kier alpha value is -1.66. The third-order valence-corrected chi connectivity index (χ3v) is 3.48. The molecule has 0 aliphatic carbocycles. The molecule has 2 rings (SSSR count). The first kappa shape index (κ1) is 12.8. The van der Waals surface area contributed by atoms with Crippen LogP contribution in [0.2, 0.25) is 0 Å². The van der Waals surface area contributed by atoms with Crippen LogP contribution in [-0.2, 0) is 6.54 Å². The van der Waals surface area contributed by atoms with E-state index < -0.39 is 10.7 Å². The summed E-state index contributed by atoms with van der Waals surface area (Å²) in [5.74, 6) is -0.512. The van der Waals surface area contributed by atoms with Crippen molar-refractivity contribution in [3.63, 3.8) is 0 Å². The molecule has 18 heavy (non-hydrogen) atoms. The van der Waals surface area contributed by atoms with Gasteiger partial charge in [-0.1, -0.05) is 12.1 Å². The second-order valence-electron chi connectivity index (χ2n) is 4.94. The molecule has 0 spiro atoms. The van der Waals surface area contributed by atoms with Gasteiger partial charge in [0.25, 0.3) is 5.69 Å². The molecule has 1 heterocycles. The van der Waals surface area contributed by atoms with Crippen LogP contribution in [0.25, 0.3) is 0 Å². The number of hydrogen-bond acceptors (Lipinski definition) is 3. The molecular weight excluding hydrogens is 234 g/mol. The lowest BCUT2D eigenvalue weighted by molar-refractivity contribution is -1.01. The van der Waals surface area contributed by atoms with E-state index in [9.17, 15) is 15.2 Å². The Kier molecular flexibility index (Phi) is 3.78.